The second-order valence-corrected chi connectivity index (χ2v) is 6.62. The molecule has 0 unspecified atom stereocenters. The average molecular weight is 400 g/mol. The molecule has 1 aliphatic heterocycles. The van der Waals surface area contributed by atoms with Gasteiger partial charge in [-0.3, -0.25) is 9.36 Å². The molecule has 0 amide bonds. The molecule has 0 saturated heterocycles. The number of allylic oxidation sites excluding steroid dienone is 1. The number of carbonyl (C=O) groups excluding carboxylic acids is 1. The van der Waals surface area contributed by atoms with Crippen molar-refractivity contribution in [1.29, 1.82) is 0 Å². The number of hydrogen-bond acceptors (Lipinski definition) is 4. The van der Waals surface area contributed by atoms with Gasteiger partial charge in [-0.1, -0.05) is 18.2 Å². The van der Waals surface area contributed by atoms with Crippen molar-refractivity contribution in [2.45, 2.75) is 19.1 Å². The molecule has 29 heavy (non-hydrogen) atoms. The number of carbonyl (C=O) groups is 1. The Morgan fingerprint density at radius 3 is 2.69 bits per heavy atom. The van der Waals surface area contributed by atoms with Crippen LogP contribution in [0.1, 0.15) is 33.7 Å². The van der Waals surface area contributed by atoms with Gasteiger partial charge in [0.05, 0.1) is 29.1 Å². The number of halogens is 3. The lowest BCUT2D eigenvalue weighted by Crippen LogP contribution is -2.21. The standard InChI is InChI=1S/C21H15F3N2O3/c1-29-20(28)15-5-3-2-4-12(15)10-13-8-9-26-18(13)25-17-11-14(21(22,23)24)6-7-16(17)19(26)27/h2-7,10-11H,8-9H2,1H3/b13-10+. The molecule has 0 spiro atoms. The van der Waals surface area contributed by atoms with Gasteiger partial charge in [0.2, 0.25) is 0 Å². The molecule has 0 radical (unpaired) electrons. The first-order chi connectivity index (χ1) is 13.8. The highest BCUT2D eigenvalue weighted by molar-refractivity contribution is 5.96. The van der Waals surface area contributed by atoms with Crippen LogP contribution in [0.2, 0.25) is 0 Å². The molecule has 0 saturated carbocycles. The van der Waals surface area contributed by atoms with Crippen LogP contribution in [0, 0.1) is 0 Å². The second-order valence-electron chi connectivity index (χ2n) is 6.62. The molecule has 0 bridgehead atoms. The highest BCUT2D eigenvalue weighted by atomic mass is 19.4. The summed E-state index contributed by atoms with van der Waals surface area (Å²) in [5, 5.41) is 0.137. The monoisotopic (exact) mass is 400 g/mol. The van der Waals surface area contributed by atoms with Crippen molar-refractivity contribution in [3.8, 4) is 0 Å². The van der Waals surface area contributed by atoms with E-state index in [1.807, 2.05) is 0 Å². The van der Waals surface area contributed by atoms with Crippen LogP contribution in [0.25, 0.3) is 22.6 Å². The van der Waals surface area contributed by atoms with Gasteiger partial charge in [0.15, 0.2) is 0 Å². The molecule has 148 valence electrons. The van der Waals surface area contributed by atoms with E-state index in [9.17, 15) is 22.8 Å². The first-order valence-electron chi connectivity index (χ1n) is 8.79. The number of benzene rings is 2. The van der Waals surface area contributed by atoms with E-state index in [4.69, 9.17) is 4.74 Å². The van der Waals surface area contributed by atoms with Crippen LogP contribution in [0.4, 0.5) is 13.2 Å². The smallest absolute Gasteiger partial charge is 0.416 e. The molecule has 4 rings (SSSR count). The van der Waals surface area contributed by atoms with E-state index in [1.54, 1.807) is 30.3 Å². The number of alkyl halides is 3. The van der Waals surface area contributed by atoms with Gasteiger partial charge in [0, 0.05) is 6.54 Å². The summed E-state index contributed by atoms with van der Waals surface area (Å²) >= 11 is 0. The first kappa shape index (κ1) is 18.9. The summed E-state index contributed by atoms with van der Waals surface area (Å²) in [6.07, 6.45) is -2.33. The van der Waals surface area contributed by atoms with Gasteiger partial charge in [0.25, 0.3) is 5.56 Å². The molecular weight excluding hydrogens is 385 g/mol. The Morgan fingerprint density at radius 2 is 1.97 bits per heavy atom. The molecule has 0 fully saturated rings. The quantitative estimate of drug-likeness (QED) is 0.607. The predicted molar refractivity (Wildman–Crippen MR) is 101 cm³/mol. The zero-order chi connectivity index (χ0) is 20.8. The van der Waals surface area contributed by atoms with Crippen LogP contribution in [-0.4, -0.2) is 22.6 Å². The lowest BCUT2D eigenvalue weighted by atomic mass is 10.0. The summed E-state index contributed by atoms with van der Waals surface area (Å²) in [5.74, 6) is -0.198. The van der Waals surface area contributed by atoms with Crippen molar-refractivity contribution >= 4 is 28.5 Å². The van der Waals surface area contributed by atoms with Gasteiger partial charge < -0.3 is 4.74 Å². The van der Waals surface area contributed by atoms with E-state index in [0.29, 0.717) is 35.5 Å². The van der Waals surface area contributed by atoms with Gasteiger partial charge >= 0.3 is 12.1 Å². The Labute approximate surface area is 163 Å². The minimum Gasteiger partial charge on any atom is -0.465 e. The lowest BCUT2D eigenvalue weighted by molar-refractivity contribution is -0.137. The van der Waals surface area contributed by atoms with E-state index in [-0.39, 0.29) is 16.5 Å². The van der Waals surface area contributed by atoms with Crippen molar-refractivity contribution < 1.29 is 22.7 Å². The van der Waals surface area contributed by atoms with E-state index in [0.717, 1.165) is 18.2 Å². The maximum atomic E-state index is 13.0. The van der Waals surface area contributed by atoms with Crippen molar-refractivity contribution in [2.75, 3.05) is 7.11 Å². The van der Waals surface area contributed by atoms with Crippen LogP contribution in [0.3, 0.4) is 0 Å². The summed E-state index contributed by atoms with van der Waals surface area (Å²) in [6, 6.07) is 9.73. The summed E-state index contributed by atoms with van der Waals surface area (Å²) in [4.78, 5) is 29.1. The van der Waals surface area contributed by atoms with Gasteiger partial charge in [-0.15, -0.1) is 0 Å². The fraction of sp³-hybridized carbons (Fsp3) is 0.190. The third-order valence-corrected chi connectivity index (χ3v) is 4.87. The second kappa shape index (κ2) is 6.88. The predicted octanol–water partition coefficient (Wildman–Crippen LogP) is 4.15. The zero-order valence-corrected chi connectivity index (χ0v) is 15.3. The summed E-state index contributed by atoms with van der Waals surface area (Å²) < 4.78 is 45.4. The van der Waals surface area contributed by atoms with Gasteiger partial charge in [-0.2, -0.15) is 13.2 Å². The number of nitrogens with zero attached hydrogens (tertiary/aromatic N) is 2. The number of hydrogen-bond donors (Lipinski definition) is 0. The highest BCUT2D eigenvalue weighted by Gasteiger charge is 2.31. The molecule has 2 heterocycles. The topological polar surface area (TPSA) is 61.2 Å². The molecule has 3 aromatic rings. The molecule has 0 atom stereocenters. The first-order valence-corrected chi connectivity index (χ1v) is 8.79. The minimum absolute atomic E-state index is 0.00914. The number of fused-ring (bicyclic) bond motifs is 2. The van der Waals surface area contributed by atoms with E-state index in [2.05, 4.69) is 4.98 Å². The summed E-state index contributed by atoms with van der Waals surface area (Å²) in [6.45, 7) is 0.365. The number of esters is 1. The summed E-state index contributed by atoms with van der Waals surface area (Å²) in [7, 11) is 1.28. The molecule has 1 aliphatic rings. The van der Waals surface area contributed by atoms with E-state index in [1.165, 1.54) is 11.7 Å². The largest absolute Gasteiger partial charge is 0.465 e. The van der Waals surface area contributed by atoms with Crippen LogP contribution >= 0.6 is 0 Å². The van der Waals surface area contributed by atoms with Gasteiger partial charge in [-0.05, 0) is 47.9 Å². The SMILES string of the molecule is COC(=O)c1ccccc1/C=C1\CCn2c1nc1cc(C(F)(F)F)ccc1c2=O. The third kappa shape index (κ3) is 3.30. The average Bonchev–Trinajstić information content (AvgIpc) is 3.10. The Morgan fingerprint density at radius 1 is 1.21 bits per heavy atom. The van der Waals surface area contributed by atoms with Crippen LogP contribution in [-0.2, 0) is 17.5 Å². The molecule has 8 heteroatoms. The normalized spacial score (nSPS) is 15.0. The highest BCUT2D eigenvalue weighted by Crippen LogP contribution is 2.32. The number of methoxy groups -OCH3 is 1. The molecule has 1 aromatic heterocycles. The molecular formula is C21H15F3N2O3. The summed E-state index contributed by atoms with van der Waals surface area (Å²) in [5.41, 5.74) is 0.345. The van der Waals surface area contributed by atoms with Crippen molar-refractivity contribution in [1.82, 2.24) is 9.55 Å². The number of aromatic nitrogens is 2. The third-order valence-electron chi connectivity index (χ3n) is 4.87. The van der Waals surface area contributed by atoms with Gasteiger partial charge in [0.1, 0.15) is 5.82 Å². The van der Waals surface area contributed by atoms with E-state index >= 15 is 0 Å². The molecule has 0 aliphatic carbocycles. The van der Waals surface area contributed by atoms with Gasteiger partial charge in [-0.25, -0.2) is 9.78 Å². The Kier molecular flexibility index (Phi) is 4.49. The van der Waals surface area contributed by atoms with Crippen LogP contribution < -0.4 is 5.56 Å². The zero-order valence-electron chi connectivity index (χ0n) is 15.3. The Hall–Kier alpha value is -3.42. The number of rotatable bonds is 2. The fourth-order valence-electron chi connectivity index (χ4n) is 3.44. The maximum Gasteiger partial charge on any atom is 0.416 e. The van der Waals surface area contributed by atoms with Crippen molar-refractivity contribution in [2.24, 2.45) is 0 Å². The minimum atomic E-state index is -4.52. The Balaban J connectivity index is 1.88. The molecule has 5 nitrogen and oxygen atoms in total. The lowest BCUT2D eigenvalue weighted by Gasteiger charge is -2.10. The maximum absolute atomic E-state index is 13.0. The van der Waals surface area contributed by atoms with Crippen LogP contribution in [0.15, 0.2) is 47.3 Å². The molecule has 2 aromatic carbocycles. The Bertz CT molecular complexity index is 1230. The molecule has 0 N–H and O–H groups in total. The number of ether oxygens (including phenoxy) is 1. The van der Waals surface area contributed by atoms with Crippen molar-refractivity contribution in [3.05, 3.63) is 75.3 Å². The fourth-order valence-corrected chi connectivity index (χ4v) is 3.44. The van der Waals surface area contributed by atoms with Crippen molar-refractivity contribution in [3.63, 3.8) is 0 Å². The van der Waals surface area contributed by atoms with Crippen LogP contribution in [0.5, 0.6) is 0 Å². The van der Waals surface area contributed by atoms with E-state index < -0.39 is 17.7 Å².